The van der Waals surface area contributed by atoms with E-state index < -0.39 is 0 Å². The number of halogens is 1. The lowest BCUT2D eigenvalue weighted by Crippen LogP contribution is -2.19. The van der Waals surface area contributed by atoms with Crippen LogP contribution in [-0.2, 0) is 6.54 Å². The standard InChI is InChI=1S/C19H20FN3/c1-14(21-12-16-8-6-7-11-19(16)20)18-13-22-23(15(18)2)17-9-4-3-5-10-17/h3-11,13-14,21H,12H2,1-2H3/t14-/m1/s1. The molecule has 0 saturated carbocycles. The van der Waals surface area contributed by atoms with Crippen LogP contribution in [0.5, 0.6) is 0 Å². The van der Waals surface area contributed by atoms with Gasteiger partial charge < -0.3 is 5.32 Å². The quantitative estimate of drug-likeness (QED) is 0.766. The molecule has 1 aromatic heterocycles. The van der Waals surface area contributed by atoms with E-state index in [-0.39, 0.29) is 11.9 Å². The first-order chi connectivity index (χ1) is 11.2. The summed E-state index contributed by atoms with van der Waals surface area (Å²) in [6.07, 6.45) is 1.88. The zero-order valence-electron chi connectivity index (χ0n) is 13.3. The first-order valence-corrected chi connectivity index (χ1v) is 7.73. The Labute approximate surface area is 135 Å². The van der Waals surface area contributed by atoms with Gasteiger partial charge in [-0.15, -0.1) is 0 Å². The first-order valence-electron chi connectivity index (χ1n) is 7.73. The largest absolute Gasteiger partial charge is 0.306 e. The van der Waals surface area contributed by atoms with Crippen LogP contribution in [-0.4, -0.2) is 9.78 Å². The fraction of sp³-hybridized carbons (Fsp3) is 0.211. The average Bonchev–Trinajstić information content (AvgIpc) is 2.96. The number of hydrogen-bond donors (Lipinski definition) is 1. The minimum Gasteiger partial charge on any atom is -0.306 e. The molecule has 118 valence electrons. The normalized spacial score (nSPS) is 12.3. The second kappa shape index (κ2) is 6.75. The highest BCUT2D eigenvalue weighted by atomic mass is 19.1. The Bertz CT molecular complexity index is 780. The minimum absolute atomic E-state index is 0.0899. The van der Waals surface area contributed by atoms with Crippen molar-refractivity contribution in [3.05, 3.63) is 83.4 Å². The summed E-state index contributed by atoms with van der Waals surface area (Å²) in [5.41, 5.74) is 3.92. The number of benzene rings is 2. The van der Waals surface area contributed by atoms with Crippen LogP contribution in [0.1, 0.15) is 29.8 Å². The van der Waals surface area contributed by atoms with Crippen molar-refractivity contribution < 1.29 is 4.39 Å². The van der Waals surface area contributed by atoms with Crippen LogP contribution in [0, 0.1) is 12.7 Å². The van der Waals surface area contributed by atoms with Crippen LogP contribution in [0.25, 0.3) is 5.69 Å². The van der Waals surface area contributed by atoms with Gasteiger partial charge in [0.1, 0.15) is 5.82 Å². The maximum Gasteiger partial charge on any atom is 0.127 e. The Kier molecular flexibility index (Phi) is 4.53. The number of hydrogen-bond acceptors (Lipinski definition) is 2. The molecular weight excluding hydrogens is 289 g/mol. The smallest absolute Gasteiger partial charge is 0.127 e. The molecule has 0 aliphatic heterocycles. The van der Waals surface area contributed by atoms with Gasteiger partial charge in [0.25, 0.3) is 0 Å². The molecule has 0 radical (unpaired) electrons. The van der Waals surface area contributed by atoms with Gasteiger partial charge in [-0.25, -0.2) is 9.07 Å². The van der Waals surface area contributed by atoms with Gasteiger partial charge in [0.15, 0.2) is 0 Å². The predicted octanol–water partition coefficient (Wildman–Crippen LogP) is 4.17. The van der Waals surface area contributed by atoms with Gasteiger partial charge in [-0.1, -0.05) is 36.4 Å². The molecule has 1 heterocycles. The van der Waals surface area contributed by atoms with Crippen LogP contribution in [0.3, 0.4) is 0 Å². The lowest BCUT2D eigenvalue weighted by Gasteiger charge is -2.14. The average molecular weight is 309 g/mol. The second-order valence-corrected chi connectivity index (χ2v) is 5.63. The van der Waals surface area contributed by atoms with E-state index in [2.05, 4.69) is 24.3 Å². The first kappa shape index (κ1) is 15.4. The van der Waals surface area contributed by atoms with Crippen molar-refractivity contribution in [3.63, 3.8) is 0 Å². The molecule has 4 heteroatoms. The molecule has 0 aliphatic carbocycles. The Hall–Kier alpha value is -2.46. The molecule has 2 aromatic carbocycles. The zero-order valence-corrected chi connectivity index (χ0v) is 13.3. The predicted molar refractivity (Wildman–Crippen MR) is 90.0 cm³/mol. The summed E-state index contributed by atoms with van der Waals surface area (Å²) in [6.45, 7) is 4.61. The molecule has 0 aliphatic rings. The highest BCUT2D eigenvalue weighted by Gasteiger charge is 2.14. The van der Waals surface area contributed by atoms with Crippen LogP contribution in [0.15, 0.2) is 60.8 Å². The van der Waals surface area contributed by atoms with E-state index in [1.807, 2.05) is 47.3 Å². The maximum absolute atomic E-state index is 13.7. The molecule has 3 rings (SSSR count). The van der Waals surface area contributed by atoms with Gasteiger partial charge in [0, 0.05) is 29.4 Å². The Morgan fingerprint density at radius 1 is 1.09 bits per heavy atom. The van der Waals surface area contributed by atoms with Gasteiger partial charge in [0.2, 0.25) is 0 Å². The van der Waals surface area contributed by atoms with Crippen LogP contribution < -0.4 is 5.32 Å². The highest BCUT2D eigenvalue weighted by molar-refractivity contribution is 5.35. The highest BCUT2D eigenvalue weighted by Crippen LogP contribution is 2.20. The third kappa shape index (κ3) is 3.32. The molecule has 23 heavy (non-hydrogen) atoms. The monoisotopic (exact) mass is 309 g/mol. The summed E-state index contributed by atoms with van der Waals surface area (Å²) in [5, 5.41) is 7.85. The molecule has 0 bridgehead atoms. The van der Waals surface area contributed by atoms with Crippen LogP contribution in [0.4, 0.5) is 4.39 Å². The van der Waals surface area contributed by atoms with E-state index in [9.17, 15) is 4.39 Å². The molecule has 0 fully saturated rings. The summed E-state index contributed by atoms with van der Waals surface area (Å²) in [6, 6.07) is 17.0. The minimum atomic E-state index is -0.177. The Balaban J connectivity index is 1.75. The Morgan fingerprint density at radius 2 is 1.78 bits per heavy atom. The van der Waals surface area contributed by atoms with Gasteiger partial charge in [-0.05, 0) is 32.0 Å². The lowest BCUT2D eigenvalue weighted by atomic mass is 10.1. The lowest BCUT2D eigenvalue weighted by molar-refractivity contribution is 0.542. The van der Waals surface area contributed by atoms with Crippen molar-refractivity contribution in [1.29, 1.82) is 0 Å². The van der Waals surface area contributed by atoms with E-state index in [4.69, 9.17) is 0 Å². The van der Waals surface area contributed by atoms with Gasteiger partial charge in [-0.2, -0.15) is 5.10 Å². The number of aromatic nitrogens is 2. The number of nitrogens with one attached hydrogen (secondary N) is 1. The van der Waals surface area contributed by atoms with E-state index in [0.29, 0.717) is 12.1 Å². The van der Waals surface area contributed by atoms with Crippen molar-refractivity contribution in [3.8, 4) is 5.69 Å². The fourth-order valence-electron chi connectivity index (χ4n) is 2.69. The van der Waals surface area contributed by atoms with Crippen molar-refractivity contribution in [2.45, 2.75) is 26.4 Å². The van der Waals surface area contributed by atoms with E-state index in [0.717, 1.165) is 16.9 Å². The molecular formula is C19H20FN3. The summed E-state index contributed by atoms with van der Waals surface area (Å²) < 4.78 is 15.6. The van der Waals surface area contributed by atoms with Gasteiger partial charge >= 0.3 is 0 Å². The second-order valence-electron chi connectivity index (χ2n) is 5.63. The van der Waals surface area contributed by atoms with Crippen molar-refractivity contribution in [2.24, 2.45) is 0 Å². The van der Waals surface area contributed by atoms with Crippen molar-refractivity contribution in [2.75, 3.05) is 0 Å². The topological polar surface area (TPSA) is 29.9 Å². The molecule has 0 spiro atoms. The molecule has 0 saturated heterocycles. The van der Waals surface area contributed by atoms with Crippen molar-refractivity contribution in [1.82, 2.24) is 15.1 Å². The van der Waals surface area contributed by atoms with E-state index in [1.54, 1.807) is 12.1 Å². The molecule has 0 amide bonds. The third-order valence-corrected chi connectivity index (χ3v) is 4.07. The molecule has 1 atom stereocenters. The maximum atomic E-state index is 13.7. The molecule has 1 N–H and O–H groups in total. The van der Waals surface area contributed by atoms with Crippen LogP contribution >= 0.6 is 0 Å². The summed E-state index contributed by atoms with van der Waals surface area (Å²) >= 11 is 0. The fourth-order valence-corrected chi connectivity index (χ4v) is 2.69. The Morgan fingerprint density at radius 3 is 2.52 bits per heavy atom. The van der Waals surface area contributed by atoms with E-state index in [1.165, 1.54) is 6.07 Å². The molecule has 3 aromatic rings. The zero-order chi connectivity index (χ0) is 16.2. The number of nitrogens with zero attached hydrogens (tertiary/aromatic N) is 2. The van der Waals surface area contributed by atoms with E-state index >= 15 is 0 Å². The van der Waals surface area contributed by atoms with Crippen LogP contribution in [0.2, 0.25) is 0 Å². The molecule has 3 nitrogen and oxygen atoms in total. The summed E-state index contributed by atoms with van der Waals surface area (Å²) in [5.74, 6) is -0.177. The van der Waals surface area contributed by atoms with Crippen molar-refractivity contribution >= 4 is 0 Å². The molecule has 0 unspecified atom stereocenters. The number of rotatable bonds is 5. The number of para-hydroxylation sites is 1. The van der Waals surface area contributed by atoms with Gasteiger partial charge in [-0.3, -0.25) is 0 Å². The third-order valence-electron chi connectivity index (χ3n) is 4.07. The summed E-state index contributed by atoms with van der Waals surface area (Å²) in [7, 11) is 0. The van der Waals surface area contributed by atoms with Gasteiger partial charge in [0.05, 0.1) is 11.9 Å². The summed E-state index contributed by atoms with van der Waals surface area (Å²) in [4.78, 5) is 0. The SMILES string of the molecule is Cc1c([C@@H](C)NCc2ccccc2F)cnn1-c1ccccc1.